The van der Waals surface area contributed by atoms with E-state index in [4.69, 9.17) is 0 Å². The number of aromatic nitrogens is 1. The number of fused-ring (bicyclic) bond motifs is 1. The number of halogens is 1. The van der Waals surface area contributed by atoms with Gasteiger partial charge in [0.2, 0.25) is 5.91 Å². The fourth-order valence-corrected chi connectivity index (χ4v) is 4.18. The fourth-order valence-electron chi connectivity index (χ4n) is 4.18. The first-order valence-corrected chi connectivity index (χ1v) is 11.4. The van der Waals surface area contributed by atoms with E-state index in [2.05, 4.69) is 39.5 Å². The Bertz CT molecular complexity index is 1520. The van der Waals surface area contributed by atoms with Gasteiger partial charge in [0.05, 0.1) is 5.69 Å². The molecule has 180 valence electrons. The number of benzene rings is 3. The number of amides is 4. The van der Waals surface area contributed by atoms with Gasteiger partial charge in [0.25, 0.3) is 5.91 Å². The number of anilines is 1. The molecule has 5 rings (SSSR count). The average molecular weight is 483 g/mol. The van der Waals surface area contributed by atoms with E-state index in [0.717, 1.165) is 26.9 Å². The summed E-state index contributed by atoms with van der Waals surface area (Å²) < 4.78 is 15.9. The molecule has 3 aromatic carbocycles. The lowest BCUT2D eigenvalue weighted by Crippen LogP contribution is -2.38. The van der Waals surface area contributed by atoms with Crippen LogP contribution in [0, 0.1) is 12.7 Å². The number of carbonyl (C=O) groups excluding carboxylic acids is 3. The molecule has 2 heterocycles. The second-order valence-corrected chi connectivity index (χ2v) is 8.62. The van der Waals surface area contributed by atoms with Crippen LogP contribution in [0.2, 0.25) is 0 Å². The maximum Gasteiger partial charge on any atom is 0.329 e. The van der Waals surface area contributed by atoms with Crippen LogP contribution in [0.15, 0.2) is 84.7 Å². The summed E-state index contributed by atoms with van der Waals surface area (Å²) in [6.07, 6.45) is 3.55. The highest BCUT2D eigenvalue weighted by Crippen LogP contribution is 2.26. The Hall–Kier alpha value is -4.72. The van der Waals surface area contributed by atoms with Crippen molar-refractivity contribution >= 4 is 40.5 Å². The number of urea groups is 1. The summed E-state index contributed by atoms with van der Waals surface area (Å²) in [5, 5.41) is 5.86. The quantitative estimate of drug-likeness (QED) is 0.310. The molecule has 1 aliphatic heterocycles. The number of nitrogens with one attached hydrogen (secondary N) is 2. The van der Waals surface area contributed by atoms with E-state index in [1.807, 2.05) is 37.4 Å². The van der Waals surface area contributed by atoms with Gasteiger partial charge in [0.1, 0.15) is 18.1 Å². The third kappa shape index (κ3) is 4.61. The Kier molecular flexibility index (Phi) is 6.08. The first-order valence-electron chi connectivity index (χ1n) is 11.4. The van der Waals surface area contributed by atoms with E-state index in [0.29, 0.717) is 6.54 Å². The van der Waals surface area contributed by atoms with Gasteiger partial charge in [-0.05, 0) is 36.8 Å². The molecule has 0 atom stereocenters. The van der Waals surface area contributed by atoms with Crippen LogP contribution in [-0.2, 0) is 16.1 Å². The molecule has 1 aromatic heterocycles. The Morgan fingerprint density at radius 2 is 1.72 bits per heavy atom. The molecule has 0 bridgehead atoms. The lowest BCUT2D eigenvalue weighted by atomic mass is 10.1. The third-order valence-electron chi connectivity index (χ3n) is 6.00. The zero-order valence-electron chi connectivity index (χ0n) is 19.5. The molecule has 36 heavy (non-hydrogen) atoms. The van der Waals surface area contributed by atoms with Crippen molar-refractivity contribution in [1.29, 1.82) is 0 Å². The van der Waals surface area contributed by atoms with Crippen molar-refractivity contribution in [3.05, 3.63) is 107 Å². The van der Waals surface area contributed by atoms with Crippen LogP contribution in [-0.4, -0.2) is 33.9 Å². The van der Waals surface area contributed by atoms with Gasteiger partial charge in [-0.25, -0.2) is 14.1 Å². The van der Waals surface area contributed by atoms with Gasteiger partial charge in [-0.2, -0.15) is 0 Å². The predicted molar refractivity (Wildman–Crippen MR) is 135 cm³/mol. The smallest absolute Gasteiger partial charge is 0.329 e. The molecular weight excluding hydrogens is 459 g/mol. The van der Waals surface area contributed by atoms with Crippen molar-refractivity contribution < 1.29 is 18.8 Å². The van der Waals surface area contributed by atoms with E-state index in [9.17, 15) is 18.8 Å². The third-order valence-corrected chi connectivity index (χ3v) is 6.00. The number of carbonyl (C=O) groups is 3. The SMILES string of the molecule is Cc1ccc(Cn2cc(/C=C3/NC(=O)N(CC(=O)Nc4ccccc4F)C3=O)c3ccccc32)cc1. The molecule has 0 spiro atoms. The van der Waals surface area contributed by atoms with Gasteiger partial charge < -0.3 is 15.2 Å². The molecule has 4 aromatic rings. The molecule has 0 aliphatic carbocycles. The zero-order chi connectivity index (χ0) is 25.2. The topological polar surface area (TPSA) is 83.4 Å². The van der Waals surface area contributed by atoms with Crippen molar-refractivity contribution in [3.63, 3.8) is 0 Å². The van der Waals surface area contributed by atoms with Crippen molar-refractivity contribution in [2.75, 3.05) is 11.9 Å². The Morgan fingerprint density at radius 1 is 1.00 bits per heavy atom. The lowest BCUT2D eigenvalue weighted by molar-refractivity contribution is -0.127. The van der Waals surface area contributed by atoms with Crippen LogP contribution < -0.4 is 10.6 Å². The number of hydrogen-bond donors (Lipinski definition) is 2. The number of rotatable bonds is 6. The van der Waals surface area contributed by atoms with Crippen LogP contribution >= 0.6 is 0 Å². The summed E-state index contributed by atoms with van der Waals surface area (Å²) in [5.74, 6) is -1.91. The summed E-state index contributed by atoms with van der Waals surface area (Å²) in [7, 11) is 0. The summed E-state index contributed by atoms with van der Waals surface area (Å²) >= 11 is 0. The highest BCUT2D eigenvalue weighted by Gasteiger charge is 2.35. The molecule has 4 amide bonds. The van der Waals surface area contributed by atoms with Crippen molar-refractivity contribution in [2.45, 2.75) is 13.5 Å². The highest BCUT2D eigenvalue weighted by atomic mass is 19.1. The van der Waals surface area contributed by atoms with Crippen LogP contribution in [0.3, 0.4) is 0 Å². The summed E-state index contributed by atoms with van der Waals surface area (Å²) in [6, 6.07) is 21.1. The van der Waals surface area contributed by atoms with Crippen LogP contribution in [0.4, 0.5) is 14.9 Å². The molecule has 1 saturated heterocycles. The van der Waals surface area contributed by atoms with E-state index in [1.165, 1.54) is 23.8 Å². The summed E-state index contributed by atoms with van der Waals surface area (Å²) in [4.78, 5) is 38.6. The molecule has 0 unspecified atom stereocenters. The number of nitrogens with zero attached hydrogens (tertiary/aromatic N) is 2. The molecule has 1 fully saturated rings. The number of para-hydroxylation sites is 2. The largest absolute Gasteiger partial charge is 0.342 e. The fraction of sp³-hybridized carbons (Fsp3) is 0.107. The highest BCUT2D eigenvalue weighted by molar-refractivity contribution is 6.16. The minimum atomic E-state index is -0.710. The van der Waals surface area contributed by atoms with E-state index >= 15 is 0 Å². The summed E-state index contributed by atoms with van der Waals surface area (Å²) in [5.41, 5.74) is 4.12. The summed E-state index contributed by atoms with van der Waals surface area (Å²) in [6.45, 7) is 2.15. The predicted octanol–water partition coefficient (Wildman–Crippen LogP) is 4.67. The second-order valence-electron chi connectivity index (χ2n) is 8.62. The van der Waals surface area contributed by atoms with Gasteiger partial charge in [-0.3, -0.25) is 9.59 Å². The number of hydrogen-bond acceptors (Lipinski definition) is 3. The molecule has 0 saturated carbocycles. The van der Waals surface area contributed by atoms with Gasteiger partial charge in [0, 0.05) is 29.2 Å². The minimum Gasteiger partial charge on any atom is -0.342 e. The normalized spacial score (nSPS) is 14.5. The molecule has 0 radical (unpaired) electrons. The number of imide groups is 1. The average Bonchev–Trinajstić information content (AvgIpc) is 3.34. The molecular formula is C28H23FN4O3. The van der Waals surface area contributed by atoms with Gasteiger partial charge >= 0.3 is 6.03 Å². The van der Waals surface area contributed by atoms with E-state index in [1.54, 1.807) is 12.1 Å². The van der Waals surface area contributed by atoms with Crippen molar-refractivity contribution in [3.8, 4) is 0 Å². The monoisotopic (exact) mass is 482 g/mol. The van der Waals surface area contributed by atoms with Crippen molar-refractivity contribution in [2.24, 2.45) is 0 Å². The van der Waals surface area contributed by atoms with Gasteiger partial charge in [0.15, 0.2) is 0 Å². The standard InChI is InChI=1S/C28H23FN4O3/c1-18-10-12-19(13-11-18)15-32-16-20(21-6-2-5-9-25(21)32)14-24-27(35)33(28(36)31-24)17-26(34)30-23-8-4-3-7-22(23)29/h2-14,16H,15,17H2,1H3,(H,30,34)(H,31,36)/b24-14+. The molecule has 8 heteroatoms. The first-order chi connectivity index (χ1) is 17.4. The van der Waals surface area contributed by atoms with Crippen LogP contribution in [0.1, 0.15) is 16.7 Å². The van der Waals surface area contributed by atoms with Gasteiger partial charge in [-0.15, -0.1) is 0 Å². The lowest BCUT2D eigenvalue weighted by Gasteiger charge is -2.12. The Balaban J connectivity index is 1.38. The van der Waals surface area contributed by atoms with Crippen molar-refractivity contribution in [1.82, 2.24) is 14.8 Å². The molecule has 2 N–H and O–H groups in total. The maximum absolute atomic E-state index is 13.8. The Morgan fingerprint density at radius 3 is 2.50 bits per heavy atom. The van der Waals surface area contributed by atoms with Crippen LogP contribution in [0.5, 0.6) is 0 Å². The first kappa shape index (κ1) is 23.0. The second kappa shape index (κ2) is 9.50. The maximum atomic E-state index is 13.8. The van der Waals surface area contributed by atoms with E-state index < -0.39 is 30.2 Å². The van der Waals surface area contributed by atoms with E-state index in [-0.39, 0.29) is 11.4 Å². The zero-order valence-corrected chi connectivity index (χ0v) is 19.5. The minimum absolute atomic E-state index is 0.0216. The van der Waals surface area contributed by atoms with Crippen LogP contribution in [0.25, 0.3) is 17.0 Å². The molecule has 7 nitrogen and oxygen atoms in total. The van der Waals surface area contributed by atoms with Gasteiger partial charge in [-0.1, -0.05) is 60.2 Å². The Labute approximate surface area is 206 Å². The number of aryl methyl sites for hydroxylation is 1. The molecule has 1 aliphatic rings.